The average molecular weight is 388 g/mol. The van der Waals surface area contributed by atoms with Crippen molar-refractivity contribution >= 4 is 15.9 Å². The number of hydrogen-bond acceptors (Lipinski definition) is 4. The molecule has 2 aromatic rings. The van der Waals surface area contributed by atoms with Gasteiger partial charge in [-0.2, -0.15) is 4.31 Å². The van der Waals surface area contributed by atoms with Gasteiger partial charge >= 0.3 is 0 Å². The van der Waals surface area contributed by atoms with Crippen LogP contribution in [0, 0.1) is 6.92 Å². The number of amides is 1. The van der Waals surface area contributed by atoms with Gasteiger partial charge in [0.1, 0.15) is 0 Å². The van der Waals surface area contributed by atoms with Crippen molar-refractivity contribution < 1.29 is 13.2 Å². The standard InChI is InChI=1S/C20H25N3O3S/c1-15-9-10-17(20(24)22-16(2)18-8-4-5-11-21-18)14-19(15)27(25,26)23-12-6-3-7-13-23/h4-5,8-11,14,16H,3,6-7,12-13H2,1-2H3,(H,22,24)/t16-/m0/s1. The summed E-state index contributed by atoms with van der Waals surface area (Å²) in [4.78, 5) is 17.1. The SMILES string of the molecule is Cc1ccc(C(=O)N[C@@H](C)c2ccccn2)cc1S(=O)(=O)N1CCCCC1. The fourth-order valence-electron chi connectivity index (χ4n) is 3.25. The summed E-state index contributed by atoms with van der Waals surface area (Å²) in [5, 5.41) is 2.88. The molecule has 3 rings (SSSR count). The molecule has 0 spiro atoms. The van der Waals surface area contributed by atoms with Crippen molar-refractivity contribution in [3.8, 4) is 0 Å². The van der Waals surface area contributed by atoms with E-state index in [-0.39, 0.29) is 16.8 Å². The van der Waals surface area contributed by atoms with Gasteiger partial charge in [0, 0.05) is 24.8 Å². The third kappa shape index (κ3) is 4.36. The van der Waals surface area contributed by atoms with Gasteiger partial charge in [0.25, 0.3) is 5.91 Å². The molecule has 1 amide bonds. The number of rotatable bonds is 5. The first-order chi connectivity index (χ1) is 12.9. The minimum absolute atomic E-state index is 0.211. The smallest absolute Gasteiger partial charge is 0.251 e. The predicted molar refractivity (Wildman–Crippen MR) is 104 cm³/mol. The molecule has 7 heteroatoms. The van der Waals surface area contributed by atoms with Crippen molar-refractivity contribution in [1.29, 1.82) is 0 Å². The molecule has 1 N–H and O–H groups in total. The number of nitrogens with one attached hydrogen (secondary N) is 1. The minimum atomic E-state index is -3.59. The van der Waals surface area contributed by atoms with Gasteiger partial charge in [-0.3, -0.25) is 9.78 Å². The lowest BCUT2D eigenvalue weighted by Gasteiger charge is -2.26. The molecular formula is C20H25N3O3S. The Bertz CT molecular complexity index is 907. The topological polar surface area (TPSA) is 79.4 Å². The molecule has 1 aliphatic heterocycles. The van der Waals surface area contributed by atoms with Crippen LogP contribution in [0.15, 0.2) is 47.5 Å². The Hall–Kier alpha value is -2.25. The van der Waals surface area contributed by atoms with E-state index in [0.717, 1.165) is 25.0 Å². The maximum Gasteiger partial charge on any atom is 0.251 e. The second-order valence-corrected chi connectivity index (χ2v) is 8.80. The highest BCUT2D eigenvalue weighted by atomic mass is 32.2. The highest BCUT2D eigenvalue weighted by Crippen LogP contribution is 2.24. The molecule has 27 heavy (non-hydrogen) atoms. The Kier molecular flexibility index (Phi) is 5.92. The van der Waals surface area contributed by atoms with Gasteiger partial charge in [-0.25, -0.2) is 8.42 Å². The van der Waals surface area contributed by atoms with Crippen molar-refractivity contribution in [1.82, 2.24) is 14.6 Å². The zero-order valence-corrected chi connectivity index (χ0v) is 16.5. The van der Waals surface area contributed by atoms with Crippen LogP contribution in [0.5, 0.6) is 0 Å². The molecule has 0 unspecified atom stereocenters. The lowest BCUT2D eigenvalue weighted by Crippen LogP contribution is -2.36. The second-order valence-electron chi connectivity index (χ2n) is 6.89. The second kappa shape index (κ2) is 8.19. The van der Waals surface area contributed by atoms with Crippen LogP contribution < -0.4 is 5.32 Å². The van der Waals surface area contributed by atoms with Crippen LogP contribution in [0.25, 0.3) is 0 Å². The van der Waals surface area contributed by atoms with Crippen molar-refractivity contribution in [3.05, 3.63) is 59.4 Å². The maximum absolute atomic E-state index is 13.0. The fourth-order valence-corrected chi connectivity index (χ4v) is 5.02. The number of benzene rings is 1. The van der Waals surface area contributed by atoms with E-state index in [9.17, 15) is 13.2 Å². The van der Waals surface area contributed by atoms with Gasteiger partial charge in [0.15, 0.2) is 0 Å². The number of carbonyl (C=O) groups excluding carboxylic acids is 1. The summed E-state index contributed by atoms with van der Waals surface area (Å²) < 4.78 is 27.5. The number of piperidine rings is 1. The number of nitrogens with zero attached hydrogens (tertiary/aromatic N) is 2. The first-order valence-corrected chi connectivity index (χ1v) is 10.7. The molecule has 0 radical (unpaired) electrons. The highest BCUT2D eigenvalue weighted by molar-refractivity contribution is 7.89. The third-order valence-electron chi connectivity index (χ3n) is 4.86. The number of pyridine rings is 1. The van der Waals surface area contributed by atoms with E-state index in [1.54, 1.807) is 25.3 Å². The fraction of sp³-hybridized carbons (Fsp3) is 0.400. The Morgan fingerprint density at radius 2 is 1.89 bits per heavy atom. The summed E-state index contributed by atoms with van der Waals surface area (Å²) in [5.41, 5.74) is 1.73. The Morgan fingerprint density at radius 3 is 2.56 bits per heavy atom. The van der Waals surface area contributed by atoms with Crippen molar-refractivity contribution in [2.75, 3.05) is 13.1 Å². The van der Waals surface area contributed by atoms with Crippen LogP contribution >= 0.6 is 0 Å². The summed E-state index contributed by atoms with van der Waals surface area (Å²) in [6.07, 6.45) is 4.48. The molecule has 1 saturated heterocycles. The molecule has 1 aromatic carbocycles. The van der Waals surface area contributed by atoms with E-state index < -0.39 is 10.0 Å². The molecule has 1 atom stereocenters. The van der Waals surface area contributed by atoms with Crippen molar-refractivity contribution in [2.24, 2.45) is 0 Å². The number of hydrogen-bond donors (Lipinski definition) is 1. The van der Waals surface area contributed by atoms with E-state index in [0.29, 0.717) is 24.2 Å². The molecule has 1 aromatic heterocycles. The van der Waals surface area contributed by atoms with Gasteiger partial charge in [-0.15, -0.1) is 0 Å². The Balaban J connectivity index is 1.83. The largest absolute Gasteiger partial charge is 0.344 e. The summed E-state index contributed by atoms with van der Waals surface area (Å²) >= 11 is 0. The van der Waals surface area contributed by atoms with Crippen LogP contribution in [0.2, 0.25) is 0 Å². The molecule has 2 heterocycles. The van der Waals surface area contributed by atoms with Crippen LogP contribution in [0.3, 0.4) is 0 Å². The summed E-state index contributed by atoms with van der Waals surface area (Å²) in [6.45, 7) is 4.68. The first-order valence-electron chi connectivity index (χ1n) is 9.22. The van der Waals surface area contributed by atoms with Crippen LogP contribution in [0.1, 0.15) is 53.8 Å². The van der Waals surface area contributed by atoms with Gasteiger partial charge in [-0.1, -0.05) is 18.6 Å². The summed E-state index contributed by atoms with van der Waals surface area (Å²) in [7, 11) is -3.59. The lowest BCUT2D eigenvalue weighted by molar-refractivity contribution is 0.0939. The lowest BCUT2D eigenvalue weighted by atomic mass is 10.1. The van der Waals surface area contributed by atoms with E-state index in [1.165, 1.54) is 10.4 Å². The maximum atomic E-state index is 13.0. The molecule has 1 fully saturated rings. The van der Waals surface area contributed by atoms with Gasteiger partial charge < -0.3 is 5.32 Å². The number of aromatic nitrogens is 1. The number of carbonyl (C=O) groups is 1. The average Bonchev–Trinajstić information content (AvgIpc) is 2.69. The zero-order valence-electron chi connectivity index (χ0n) is 15.7. The van der Waals surface area contributed by atoms with E-state index >= 15 is 0 Å². The van der Waals surface area contributed by atoms with Gasteiger partial charge in [0.05, 0.1) is 16.6 Å². The normalized spacial score (nSPS) is 16.7. The monoisotopic (exact) mass is 387 g/mol. The van der Waals surface area contributed by atoms with E-state index in [2.05, 4.69) is 10.3 Å². The molecule has 144 valence electrons. The summed E-state index contributed by atoms with van der Waals surface area (Å²) in [5.74, 6) is -0.316. The van der Waals surface area contributed by atoms with Crippen LogP contribution in [0.4, 0.5) is 0 Å². The van der Waals surface area contributed by atoms with Crippen LogP contribution in [-0.2, 0) is 10.0 Å². The minimum Gasteiger partial charge on any atom is -0.344 e. The van der Waals surface area contributed by atoms with Crippen LogP contribution in [-0.4, -0.2) is 36.7 Å². The number of sulfonamides is 1. The predicted octanol–water partition coefficient (Wildman–Crippen LogP) is 3.06. The Morgan fingerprint density at radius 1 is 1.15 bits per heavy atom. The number of aryl methyl sites for hydroxylation is 1. The zero-order chi connectivity index (χ0) is 19.4. The van der Waals surface area contributed by atoms with E-state index in [4.69, 9.17) is 0 Å². The molecule has 0 saturated carbocycles. The third-order valence-corrected chi connectivity index (χ3v) is 6.90. The van der Waals surface area contributed by atoms with Gasteiger partial charge in [0.2, 0.25) is 10.0 Å². The van der Waals surface area contributed by atoms with Crippen molar-refractivity contribution in [3.63, 3.8) is 0 Å². The van der Waals surface area contributed by atoms with Crippen molar-refractivity contribution in [2.45, 2.75) is 44.0 Å². The molecular weight excluding hydrogens is 362 g/mol. The molecule has 0 aliphatic carbocycles. The molecule has 6 nitrogen and oxygen atoms in total. The quantitative estimate of drug-likeness (QED) is 0.855. The molecule has 0 bridgehead atoms. The Labute approximate surface area is 160 Å². The molecule has 1 aliphatic rings. The van der Waals surface area contributed by atoms with E-state index in [1.807, 2.05) is 25.1 Å². The first kappa shape index (κ1) is 19.5. The van der Waals surface area contributed by atoms with Gasteiger partial charge in [-0.05, 0) is 56.5 Å². The summed E-state index contributed by atoms with van der Waals surface area (Å²) in [6, 6.07) is 10.1. The highest BCUT2D eigenvalue weighted by Gasteiger charge is 2.28.